The number of carbonyl (C=O) groups is 1. The fourth-order valence-electron chi connectivity index (χ4n) is 2.82. The zero-order chi connectivity index (χ0) is 17.9. The second kappa shape index (κ2) is 6.85. The van der Waals surface area contributed by atoms with Crippen LogP contribution in [0.1, 0.15) is 36.3 Å². The molecule has 1 aromatic heterocycles. The van der Waals surface area contributed by atoms with E-state index >= 15 is 0 Å². The maximum atomic E-state index is 12.8. The second-order valence-corrected chi connectivity index (χ2v) is 6.70. The number of hydrogen-bond acceptors (Lipinski definition) is 3. The van der Waals surface area contributed by atoms with Gasteiger partial charge in [-0.25, -0.2) is 4.98 Å². The van der Waals surface area contributed by atoms with Gasteiger partial charge in [0.05, 0.1) is 0 Å². The van der Waals surface area contributed by atoms with Gasteiger partial charge >= 0.3 is 0 Å². The number of nitrogens with one attached hydrogen (secondary N) is 1. The van der Waals surface area contributed by atoms with E-state index in [1.807, 2.05) is 74.5 Å². The predicted molar refractivity (Wildman–Crippen MR) is 98.7 cm³/mol. The molecule has 0 spiro atoms. The third-order valence-electron chi connectivity index (χ3n) is 4.23. The van der Waals surface area contributed by atoms with Crippen LogP contribution < -0.4 is 5.56 Å². The molecule has 1 heterocycles. The molecule has 126 valence electrons. The van der Waals surface area contributed by atoms with E-state index in [-0.39, 0.29) is 28.9 Å². The minimum atomic E-state index is -0.338. The van der Waals surface area contributed by atoms with Gasteiger partial charge in [0.15, 0.2) is 5.78 Å². The number of hydrogen-bond donors (Lipinski definition) is 1. The molecule has 0 saturated carbocycles. The normalized spacial score (nSPS) is 11.3. The van der Waals surface area contributed by atoms with E-state index in [1.54, 1.807) is 0 Å². The third kappa shape index (κ3) is 3.91. The number of H-pyrrole nitrogens is 1. The number of aromatic amines is 1. The maximum absolute atomic E-state index is 12.8. The van der Waals surface area contributed by atoms with Gasteiger partial charge in [0.1, 0.15) is 11.5 Å². The molecule has 3 aromatic rings. The summed E-state index contributed by atoms with van der Waals surface area (Å²) in [6.45, 7) is 4.04. The summed E-state index contributed by atoms with van der Waals surface area (Å²) in [5.41, 5.74) is 1.39. The lowest BCUT2D eigenvalue weighted by molar-refractivity contribution is 0.0953. The van der Waals surface area contributed by atoms with Gasteiger partial charge in [-0.2, -0.15) is 0 Å². The molecular weight excluding hydrogens is 312 g/mol. The van der Waals surface area contributed by atoms with E-state index < -0.39 is 0 Å². The first-order valence-corrected chi connectivity index (χ1v) is 8.21. The van der Waals surface area contributed by atoms with Crippen molar-refractivity contribution in [3.05, 3.63) is 88.3 Å². The van der Waals surface area contributed by atoms with Crippen molar-refractivity contribution in [1.29, 1.82) is 0 Å². The van der Waals surface area contributed by atoms with E-state index in [0.29, 0.717) is 5.82 Å². The van der Waals surface area contributed by atoms with Crippen molar-refractivity contribution in [1.82, 2.24) is 9.97 Å². The lowest BCUT2D eigenvalue weighted by Gasteiger charge is -2.24. The van der Waals surface area contributed by atoms with Crippen LogP contribution in [0.25, 0.3) is 11.4 Å². The summed E-state index contributed by atoms with van der Waals surface area (Å²) >= 11 is 0. The van der Waals surface area contributed by atoms with Crippen LogP contribution in [-0.2, 0) is 5.41 Å². The largest absolute Gasteiger partial charge is 0.306 e. The second-order valence-electron chi connectivity index (χ2n) is 6.70. The van der Waals surface area contributed by atoms with Gasteiger partial charge in [0.2, 0.25) is 0 Å². The Hall–Kier alpha value is -3.01. The number of carbonyl (C=O) groups excluding carboxylic acids is 1. The van der Waals surface area contributed by atoms with Crippen molar-refractivity contribution in [2.24, 2.45) is 0 Å². The van der Waals surface area contributed by atoms with Gasteiger partial charge < -0.3 is 4.98 Å². The lowest BCUT2D eigenvalue weighted by atomic mass is 9.80. The van der Waals surface area contributed by atoms with Crippen LogP contribution in [0.5, 0.6) is 0 Å². The van der Waals surface area contributed by atoms with Gasteiger partial charge in [-0.15, -0.1) is 0 Å². The number of Topliss-reactive ketones (excluding diaryl/α,β-unsaturated/α-hetero) is 1. The van der Waals surface area contributed by atoms with Crippen molar-refractivity contribution < 1.29 is 4.79 Å². The highest BCUT2D eigenvalue weighted by Crippen LogP contribution is 2.28. The fraction of sp³-hybridized carbons (Fsp3) is 0.190. The number of nitrogens with zero attached hydrogens (tertiary/aromatic N) is 1. The molecule has 0 saturated heterocycles. The van der Waals surface area contributed by atoms with E-state index in [1.165, 1.54) is 6.07 Å². The molecule has 0 atom stereocenters. The molecule has 0 fully saturated rings. The summed E-state index contributed by atoms with van der Waals surface area (Å²) in [6, 6.07) is 20.5. The summed E-state index contributed by atoms with van der Waals surface area (Å²) in [7, 11) is 0. The van der Waals surface area contributed by atoms with Crippen LogP contribution in [0.2, 0.25) is 0 Å². The Labute approximate surface area is 146 Å². The van der Waals surface area contributed by atoms with Crippen LogP contribution in [0, 0.1) is 0 Å². The monoisotopic (exact) mass is 332 g/mol. The van der Waals surface area contributed by atoms with Crippen molar-refractivity contribution in [2.75, 3.05) is 0 Å². The molecule has 0 aliphatic heterocycles. The van der Waals surface area contributed by atoms with Crippen LogP contribution in [-0.4, -0.2) is 15.8 Å². The number of benzene rings is 2. The zero-order valence-electron chi connectivity index (χ0n) is 14.3. The Morgan fingerprint density at radius 1 is 1.00 bits per heavy atom. The van der Waals surface area contributed by atoms with Gasteiger partial charge in [-0.3, -0.25) is 9.59 Å². The summed E-state index contributed by atoms with van der Waals surface area (Å²) in [4.78, 5) is 31.8. The van der Waals surface area contributed by atoms with Crippen LogP contribution in [0.4, 0.5) is 0 Å². The highest BCUT2D eigenvalue weighted by atomic mass is 16.1. The Morgan fingerprint density at radius 2 is 1.60 bits per heavy atom. The maximum Gasteiger partial charge on any atom is 0.251 e. The van der Waals surface area contributed by atoms with Crippen LogP contribution in [0.3, 0.4) is 0 Å². The predicted octanol–water partition coefficient (Wildman–Crippen LogP) is 3.99. The first-order valence-electron chi connectivity index (χ1n) is 8.21. The molecule has 0 amide bonds. The summed E-state index contributed by atoms with van der Waals surface area (Å²) in [5.74, 6) is 0.270. The van der Waals surface area contributed by atoms with Crippen molar-refractivity contribution in [3.8, 4) is 11.4 Å². The van der Waals surface area contributed by atoms with Gasteiger partial charge in [0.25, 0.3) is 5.56 Å². The molecule has 1 N–H and O–H groups in total. The van der Waals surface area contributed by atoms with E-state index in [2.05, 4.69) is 9.97 Å². The zero-order valence-corrected chi connectivity index (χ0v) is 14.3. The molecule has 4 nitrogen and oxygen atoms in total. The van der Waals surface area contributed by atoms with E-state index in [9.17, 15) is 9.59 Å². The van der Waals surface area contributed by atoms with Gasteiger partial charge in [-0.05, 0) is 11.0 Å². The molecule has 25 heavy (non-hydrogen) atoms. The Kier molecular flexibility index (Phi) is 4.61. The summed E-state index contributed by atoms with van der Waals surface area (Å²) < 4.78 is 0. The standard InChI is InChI=1S/C21H20N2O2/c1-21(2,16-11-7-4-8-12-16)14-18(24)17-13-19(25)23-20(22-17)15-9-5-3-6-10-15/h3-13H,14H2,1-2H3,(H,22,23,25). The molecule has 0 radical (unpaired) electrons. The van der Waals surface area contributed by atoms with E-state index in [4.69, 9.17) is 0 Å². The SMILES string of the molecule is CC(C)(CC(=O)c1cc(=O)[nH]c(-c2ccccc2)n1)c1ccccc1. The average molecular weight is 332 g/mol. The molecule has 2 aromatic carbocycles. The molecule has 0 bridgehead atoms. The number of ketones is 1. The van der Waals surface area contributed by atoms with Gasteiger partial charge in [-0.1, -0.05) is 74.5 Å². The lowest BCUT2D eigenvalue weighted by Crippen LogP contribution is -2.24. The number of rotatable bonds is 5. The quantitative estimate of drug-likeness (QED) is 0.719. The molecule has 0 aliphatic carbocycles. The third-order valence-corrected chi connectivity index (χ3v) is 4.23. The topological polar surface area (TPSA) is 62.8 Å². The van der Waals surface area contributed by atoms with Crippen molar-refractivity contribution >= 4 is 5.78 Å². The average Bonchev–Trinajstić information content (AvgIpc) is 2.62. The first-order chi connectivity index (χ1) is 12.0. The number of aromatic nitrogens is 2. The molecule has 0 aliphatic rings. The highest BCUT2D eigenvalue weighted by Gasteiger charge is 2.25. The molecule has 4 heteroatoms. The molecular formula is C21H20N2O2. The van der Waals surface area contributed by atoms with Crippen LogP contribution in [0.15, 0.2) is 71.5 Å². The smallest absolute Gasteiger partial charge is 0.251 e. The Balaban J connectivity index is 1.90. The minimum absolute atomic E-state index is 0.142. The van der Waals surface area contributed by atoms with Crippen molar-refractivity contribution in [3.63, 3.8) is 0 Å². The molecule has 3 rings (SSSR count). The Bertz CT molecular complexity index is 929. The summed E-state index contributed by atoms with van der Waals surface area (Å²) in [6.07, 6.45) is 0.279. The highest BCUT2D eigenvalue weighted by molar-refractivity contribution is 5.95. The summed E-state index contributed by atoms with van der Waals surface area (Å²) in [5, 5.41) is 0. The minimum Gasteiger partial charge on any atom is -0.306 e. The molecule has 0 unspecified atom stereocenters. The van der Waals surface area contributed by atoms with Crippen molar-refractivity contribution in [2.45, 2.75) is 25.7 Å². The fourth-order valence-corrected chi connectivity index (χ4v) is 2.82. The Morgan fingerprint density at radius 3 is 2.24 bits per heavy atom. The van der Waals surface area contributed by atoms with Crippen LogP contribution >= 0.6 is 0 Å². The van der Waals surface area contributed by atoms with E-state index in [0.717, 1.165) is 11.1 Å². The first kappa shape index (κ1) is 16.8. The van der Waals surface area contributed by atoms with Gasteiger partial charge in [0, 0.05) is 18.1 Å².